The van der Waals surface area contributed by atoms with Crippen LogP contribution >= 0.6 is 0 Å². The van der Waals surface area contributed by atoms with Crippen LogP contribution in [0.5, 0.6) is 17.2 Å². The number of halogens is 3. The van der Waals surface area contributed by atoms with Crippen molar-refractivity contribution in [2.75, 3.05) is 26.1 Å². The van der Waals surface area contributed by atoms with Gasteiger partial charge in [0.05, 0.1) is 24.8 Å². The molecule has 1 amide bonds. The lowest BCUT2D eigenvalue weighted by atomic mass is 10.1. The fourth-order valence-electron chi connectivity index (χ4n) is 3.21. The summed E-state index contributed by atoms with van der Waals surface area (Å²) in [6, 6.07) is 8.39. The molecule has 0 saturated carbocycles. The summed E-state index contributed by atoms with van der Waals surface area (Å²) in [4.78, 5) is 24.6. The van der Waals surface area contributed by atoms with E-state index in [2.05, 4.69) is 15.2 Å². The SMILES string of the molecule is COC[C@H](C)Oc1cc(Oc2ccc(C(=O)OC)cc2C(F)(F)F)cc(C(=O)Nc2ccn(C)n2)c1. The number of methoxy groups -OCH3 is 2. The Morgan fingerprint density at radius 1 is 1.06 bits per heavy atom. The molecule has 12 heteroatoms. The van der Waals surface area contributed by atoms with Crippen LogP contribution in [-0.4, -0.2) is 48.6 Å². The van der Waals surface area contributed by atoms with Crippen molar-refractivity contribution in [1.29, 1.82) is 0 Å². The van der Waals surface area contributed by atoms with Gasteiger partial charge in [0.2, 0.25) is 0 Å². The number of anilines is 1. The first-order valence-corrected chi connectivity index (χ1v) is 10.6. The summed E-state index contributed by atoms with van der Waals surface area (Å²) >= 11 is 0. The lowest BCUT2D eigenvalue weighted by molar-refractivity contribution is -0.138. The molecule has 0 unspecified atom stereocenters. The van der Waals surface area contributed by atoms with Gasteiger partial charge < -0.3 is 24.3 Å². The second kappa shape index (κ2) is 11.1. The molecule has 3 aromatic rings. The Kier molecular flexibility index (Phi) is 8.20. The third-order valence-electron chi connectivity index (χ3n) is 4.77. The maximum atomic E-state index is 13.7. The molecule has 192 valence electrons. The minimum Gasteiger partial charge on any atom is -0.488 e. The van der Waals surface area contributed by atoms with Gasteiger partial charge in [-0.05, 0) is 37.3 Å². The Bertz CT molecular complexity index is 1240. The van der Waals surface area contributed by atoms with E-state index >= 15 is 0 Å². The number of nitrogens with zero attached hydrogens (tertiary/aromatic N) is 2. The van der Waals surface area contributed by atoms with Gasteiger partial charge in [-0.1, -0.05) is 0 Å². The number of nitrogens with one attached hydrogen (secondary N) is 1. The number of esters is 1. The molecule has 0 spiro atoms. The minimum absolute atomic E-state index is 0.0532. The van der Waals surface area contributed by atoms with E-state index in [1.54, 1.807) is 26.2 Å². The van der Waals surface area contributed by atoms with Gasteiger partial charge in [0.15, 0.2) is 5.82 Å². The van der Waals surface area contributed by atoms with Crippen molar-refractivity contribution < 1.29 is 41.7 Å². The zero-order chi connectivity index (χ0) is 26.5. The lowest BCUT2D eigenvalue weighted by Crippen LogP contribution is -2.19. The molecule has 2 aromatic carbocycles. The predicted octanol–water partition coefficient (Wildman–Crippen LogP) is 4.68. The number of benzene rings is 2. The molecule has 0 fully saturated rings. The first-order valence-electron chi connectivity index (χ1n) is 10.6. The summed E-state index contributed by atoms with van der Waals surface area (Å²) in [5, 5.41) is 6.67. The Labute approximate surface area is 204 Å². The maximum absolute atomic E-state index is 13.7. The molecule has 1 N–H and O–H groups in total. The molecule has 0 radical (unpaired) electrons. The zero-order valence-electron chi connectivity index (χ0n) is 19.9. The van der Waals surface area contributed by atoms with E-state index < -0.39 is 35.5 Å². The van der Waals surface area contributed by atoms with Crippen molar-refractivity contribution in [3.63, 3.8) is 0 Å². The van der Waals surface area contributed by atoms with E-state index in [1.807, 2.05) is 0 Å². The zero-order valence-corrected chi connectivity index (χ0v) is 19.9. The average molecular weight is 507 g/mol. The number of carbonyl (C=O) groups excluding carboxylic acids is 2. The van der Waals surface area contributed by atoms with Crippen molar-refractivity contribution in [2.24, 2.45) is 7.05 Å². The van der Waals surface area contributed by atoms with Crippen molar-refractivity contribution in [1.82, 2.24) is 9.78 Å². The van der Waals surface area contributed by atoms with Crippen LogP contribution in [0, 0.1) is 0 Å². The van der Waals surface area contributed by atoms with Gasteiger partial charge in [-0.3, -0.25) is 9.48 Å². The standard InChI is InChI=1S/C24H24F3N3O6/c1-14(13-33-3)35-17-9-16(22(31)28-21-7-8-30(2)29-21)10-18(12-17)36-20-6-5-15(23(32)34-4)11-19(20)24(25,26)27/h5-12,14H,13H2,1-4H3,(H,28,29,31)/t14-/m0/s1. The second-order valence-electron chi connectivity index (χ2n) is 7.71. The number of aromatic nitrogens is 2. The minimum atomic E-state index is -4.83. The average Bonchev–Trinajstić information content (AvgIpc) is 3.22. The normalized spacial score (nSPS) is 12.1. The molecule has 36 heavy (non-hydrogen) atoms. The van der Waals surface area contributed by atoms with Crippen molar-refractivity contribution in [3.8, 4) is 17.2 Å². The van der Waals surface area contributed by atoms with Crippen LogP contribution in [0.2, 0.25) is 0 Å². The van der Waals surface area contributed by atoms with Gasteiger partial charge in [-0.2, -0.15) is 18.3 Å². The number of hydrogen-bond acceptors (Lipinski definition) is 7. The van der Waals surface area contributed by atoms with Gasteiger partial charge in [0.1, 0.15) is 23.4 Å². The van der Waals surface area contributed by atoms with Crippen molar-refractivity contribution in [2.45, 2.75) is 19.2 Å². The van der Waals surface area contributed by atoms with E-state index in [4.69, 9.17) is 14.2 Å². The Morgan fingerprint density at radius 3 is 2.39 bits per heavy atom. The van der Waals surface area contributed by atoms with Crippen LogP contribution in [0.4, 0.5) is 19.0 Å². The highest BCUT2D eigenvalue weighted by molar-refractivity contribution is 6.04. The highest BCUT2D eigenvalue weighted by Gasteiger charge is 2.35. The quantitative estimate of drug-likeness (QED) is 0.420. The predicted molar refractivity (Wildman–Crippen MR) is 122 cm³/mol. The summed E-state index contributed by atoms with van der Waals surface area (Å²) in [6.45, 7) is 1.95. The molecular formula is C24H24F3N3O6. The highest BCUT2D eigenvalue weighted by atomic mass is 19.4. The number of ether oxygens (including phenoxy) is 4. The van der Waals surface area contributed by atoms with Gasteiger partial charge in [-0.15, -0.1) is 0 Å². The number of carbonyl (C=O) groups is 2. The van der Waals surface area contributed by atoms with E-state index in [9.17, 15) is 22.8 Å². The number of alkyl halides is 3. The van der Waals surface area contributed by atoms with Crippen LogP contribution in [0.3, 0.4) is 0 Å². The molecule has 1 atom stereocenters. The molecule has 0 aliphatic carbocycles. The fraction of sp³-hybridized carbons (Fsp3) is 0.292. The molecule has 9 nitrogen and oxygen atoms in total. The molecule has 3 rings (SSSR count). The number of aryl methyl sites for hydroxylation is 1. The molecule has 0 aliphatic heterocycles. The summed E-state index contributed by atoms with van der Waals surface area (Å²) in [5.41, 5.74) is -1.43. The van der Waals surface area contributed by atoms with Crippen LogP contribution in [0.15, 0.2) is 48.7 Å². The van der Waals surface area contributed by atoms with Crippen LogP contribution in [0.25, 0.3) is 0 Å². The molecule has 0 bridgehead atoms. The Morgan fingerprint density at radius 2 is 1.78 bits per heavy atom. The number of amides is 1. The smallest absolute Gasteiger partial charge is 0.420 e. The van der Waals surface area contributed by atoms with Crippen LogP contribution in [0.1, 0.15) is 33.2 Å². The summed E-state index contributed by atoms with van der Waals surface area (Å²) in [7, 11) is 4.23. The third kappa shape index (κ3) is 6.75. The van der Waals surface area contributed by atoms with Gasteiger partial charge in [0.25, 0.3) is 5.91 Å². The Balaban J connectivity index is 1.99. The molecule has 0 aliphatic rings. The fourth-order valence-corrected chi connectivity index (χ4v) is 3.21. The number of hydrogen-bond donors (Lipinski definition) is 1. The lowest BCUT2D eigenvalue weighted by Gasteiger charge is -2.18. The monoisotopic (exact) mass is 507 g/mol. The third-order valence-corrected chi connectivity index (χ3v) is 4.77. The topological polar surface area (TPSA) is 101 Å². The van der Waals surface area contributed by atoms with Gasteiger partial charge >= 0.3 is 12.1 Å². The maximum Gasteiger partial charge on any atom is 0.420 e. The number of rotatable bonds is 9. The van der Waals surface area contributed by atoms with E-state index in [-0.39, 0.29) is 35.1 Å². The first kappa shape index (κ1) is 26.5. The molecular weight excluding hydrogens is 483 g/mol. The highest BCUT2D eigenvalue weighted by Crippen LogP contribution is 2.39. The summed E-state index contributed by atoms with van der Waals surface area (Å²) in [6.07, 6.45) is -3.63. The second-order valence-corrected chi connectivity index (χ2v) is 7.71. The summed E-state index contributed by atoms with van der Waals surface area (Å²) in [5.74, 6) is -1.73. The van der Waals surface area contributed by atoms with Crippen LogP contribution < -0.4 is 14.8 Å². The summed E-state index contributed by atoms with van der Waals surface area (Å²) < 4.78 is 63.6. The Hall–Kier alpha value is -4.06. The largest absolute Gasteiger partial charge is 0.488 e. The van der Waals surface area contributed by atoms with Gasteiger partial charge in [0, 0.05) is 38.1 Å². The van der Waals surface area contributed by atoms with Crippen molar-refractivity contribution >= 4 is 17.7 Å². The van der Waals surface area contributed by atoms with E-state index in [0.29, 0.717) is 6.07 Å². The molecule has 1 heterocycles. The molecule has 0 saturated heterocycles. The van der Waals surface area contributed by atoms with E-state index in [0.717, 1.165) is 19.2 Å². The van der Waals surface area contributed by atoms with E-state index in [1.165, 1.54) is 30.0 Å². The first-order chi connectivity index (χ1) is 17.0. The van der Waals surface area contributed by atoms with Crippen molar-refractivity contribution in [3.05, 3.63) is 65.4 Å². The van der Waals surface area contributed by atoms with Crippen LogP contribution in [-0.2, 0) is 22.7 Å². The van der Waals surface area contributed by atoms with Gasteiger partial charge in [-0.25, -0.2) is 4.79 Å². The molecule has 1 aromatic heterocycles.